The molecule has 1 nitrogen and oxygen atoms in total. The summed E-state index contributed by atoms with van der Waals surface area (Å²) in [5, 5.41) is 0.405. The third-order valence-corrected chi connectivity index (χ3v) is 2.25. The van der Waals surface area contributed by atoms with Gasteiger partial charge in [-0.3, -0.25) is 4.72 Å². The van der Waals surface area contributed by atoms with Crippen LogP contribution in [0.4, 0.5) is 4.39 Å². The van der Waals surface area contributed by atoms with Crippen LogP contribution in [0.2, 0.25) is 5.02 Å². The van der Waals surface area contributed by atoms with Crippen molar-refractivity contribution in [2.24, 2.45) is 0 Å². The molecule has 1 rings (SSSR count). The van der Waals surface area contributed by atoms with Crippen molar-refractivity contribution in [3.8, 4) is 0 Å². The van der Waals surface area contributed by atoms with Crippen molar-refractivity contribution in [3.63, 3.8) is 0 Å². The summed E-state index contributed by atoms with van der Waals surface area (Å²) in [6.45, 7) is 1.82. The molecule has 66 valence electrons. The zero-order valence-electron chi connectivity index (χ0n) is 6.51. The zero-order valence-corrected chi connectivity index (χ0v) is 8.16. The van der Waals surface area contributed by atoms with Gasteiger partial charge in [-0.05, 0) is 19.1 Å². The van der Waals surface area contributed by atoms with E-state index >= 15 is 0 Å². The quantitative estimate of drug-likeness (QED) is 0.708. The molecule has 1 aromatic carbocycles. The van der Waals surface area contributed by atoms with E-state index in [1.165, 1.54) is 6.07 Å². The van der Waals surface area contributed by atoms with Crippen molar-refractivity contribution in [1.29, 1.82) is 0 Å². The van der Waals surface area contributed by atoms with Gasteiger partial charge in [-0.25, -0.2) is 4.39 Å². The fraction of sp³-hybridized carbons (Fsp3) is 0.250. The topological polar surface area (TPSA) is 12.0 Å². The second-order valence-corrected chi connectivity index (χ2v) is 3.21. The molecule has 0 heterocycles. The highest BCUT2D eigenvalue weighted by Crippen LogP contribution is 2.20. The van der Waals surface area contributed by atoms with E-state index in [-0.39, 0.29) is 11.9 Å². The standard InChI is InChI=1S/C8H9ClFNS/c1-5(11-12)7-3-2-6(9)4-8(7)10/h2-5,11-12H,1H3/t5-/m1/s1. The Bertz CT molecular complexity index is 280. The summed E-state index contributed by atoms with van der Waals surface area (Å²) >= 11 is 9.44. The predicted octanol–water partition coefficient (Wildman–Crippen LogP) is 2.97. The Labute approximate surface area is 81.5 Å². The van der Waals surface area contributed by atoms with Crippen molar-refractivity contribution in [3.05, 3.63) is 34.6 Å². The van der Waals surface area contributed by atoms with Crippen molar-refractivity contribution in [2.45, 2.75) is 13.0 Å². The monoisotopic (exact) mass is 205 g/mol. The molecule has 1 aromatic rings. The zero-order chi connectivity index (χ0) is 9.14. The molecule has 0 aliphatic rings. The number of hydrogen-bond acceptors (Lipinski definition) is 2. The molecule has 0 aliphatic carbocycles. The highest BCUT2D eigenvalue weighted by atomic mass is 35.5. The Morgan fingerprint density at radius 1 is 1.58 bits per heavy atom. The first-order chi connectivity index (χ1) is 5.65. The minimum atomic E-state index is -0.309. The lowest BCUT2D eigenvalue weighted by Gasteiger charge is -2.10. The number of rotatable bonds is 2. The van der Waals surface area contributed by atoms with Gasteiger partial charge in [0, 0.05) is 16.6 Å². The van der Waals surface area contributed by atoms with Gasteiger partial charge in [-0.1, -0.05) is 30.5 Å². The molecule has 0 aromatic heterocycles. The van der Waals surface area contributed by atoms with Crippen molar-refractivity contribution in [2.75, 3.05) is 0 Å². The summed E-state index contributed by atoms with van der Waals surface area (Å²) in [4.78, 5) is 0. The fourth-order valence-electron chi connectivity index (χ4n) is 0.922. The van der Waals surface area contributed by atoms with Crippen LogP contribution in [0.25, 0.3) is 0 Å². The smallest absolute Gasteiger partial charge is 0.129 e. The van der Waals surface area contributed by atoms with Gasteiger partial charge >= 0.3 is 0 Å². The van der Waals surface area contributed by atoms with E-state index in [2.05, 4.69) is 17.5 Å². The van der Waals surface area contributed by atoms with E-state index in [0.717, 1.165) is 0 Å². The maximum atomic E-state index is 13.1. The molecule has 4 heteroatoms. The van der Waals surface area contributed by atoms with Gasteiger partial charge in [0.1, 0.15) is 5.82 Å². The molecule has 0 unspecified atom stereocenters. The van der Waals surface area contributed by atoms with Crippen LogP contribution < -0.4 is 4.72 Å². The molecular formula is C8H9ClFNS. The van der Waals surface area contributed by atoms with Crippen LogP contribution >= 0.6 is 24.4 Å². The normalized spacial score (nSPS) is 13.0. The lowest BCUT2D eigenvalue weighted by atomic mass is 10.1. The van der Waals surface area contributed by atoms with E-state index < -0.39 is 0 Å². The lowest BCUT2D eigenvalue weighted by Crippen LogP contribution is -2.08. The van der Waals surface area contributed by atoms with Crippen LogP contribution in [-0.2, 0) is 0 Å². The van der Waals surface area contributed by atoms with Gasteiger partial charge in [-0.2, -0.15) is 0 Å². The first kappa shape index (κ1) is 9.84. The number of nitrogens with one attached hydrogen (secondary N) is 1. The van der Waals surface area contributed by atoms with E-state index in [1.807, 2.05) is 6.92 Å². The summed E-state index contributed by atoms with van der Waals surface area (Å²) in [5.74, 6) is -0.309. The average Bonchev–Trinajstić information content (AvgIpc) is 2.03. The summed E-state index contributed by atoms with van der Waals surface area (Å²) < 4.78 is 15.8. The Morgan fingerprint density at radius 3 is 2.75 bits per heavy atom. The Morgan fingerprint density at radius 2 is 2.25 bits per heavy atom. The Balaban J connectivity index is 3.01. The molecule has 0 bridgehead atoms. The van der Waals surface area contributed by atoms with Crippen LogP contribution in [-0.4, -0.2) is 0 Å². The molecule has 0 amide bonds. The van der Waals surface area contributed by atoms with Gasteiger partial charge in [0.25, 0.3) is 0 Å². The van der Waals surface area contributed by atoms with Crippen molar-refractivity contribution in [1.82, 2.24) is 4.72 Å². The summed E-state index contributed by atoms with van der Waals surface area (Å²) in [6.07, 6.45) is 0. The third kappa shape index (κ3) is 2.12. The minimum Gasteiger partial charge on any atom is -0.259 e. The number of halogens is 2. The molecule has 0 saturated carbocycles. The summed E-state index contributed by atoms with van der Waals surface area (Å²) in [5.41, 5.74) is 0.564. The van der Waals surface area contributed by atoms with E-state index in [9.17, 15) is 4.39 Å². The van der Waals surface area contributed by atoms with Crippen LogP contribution in [0.5, 0.6) is 0 Å². The molecule has 0 saturated heterocycles. The SMILES string of the molecule is C[C@@H](NS)c1ccc(Cl)cc1F. The molecular weight excluding hydrogens is 197 g/mol. The molecule has 0 fully saturated rings. The predicted molar refractivity (Wildman–Crippen MR) is 51.9 cm³/mol. The largest absolute Gasteiger partial charge is 0.259 e. The van der Waals surface area contributed by atoms with Gasteiger partial charge in [0.05, 0.1) is 0 Å². The van der Waals surface area contributed by atoms with Crippen molar-refractivity contribution < 1.29 is 4.39 Å². The fourth-order valence-corrected chi connectivity index (χ4v) is 1.22. The van der Waals surface area contributed by atoms with Crippen LogP contribution in [0.3, 0.4) is 0 Å². The molecule has 1 atom stereocenters. The second-order valence-electron chi connectivity index (χ2n) is 2.52. The maximum Gasteiger partial charge on any atom is 0.129 e. The molecule has 12 heavy (non-hydrogen) atoms. The van der Waals surface area contributed by atoms with Crippen molar-refractivity contribution >= 4 is 24.4 Å². The average molecular weight is 206 g/mol. The van der Waals surface area contributed by atoms with Crippen LogP contribution in [0, 0.1) is 5.82 Å². The number of hydrogen-bond donors (Lipinski definition) is 2. The summed E-state index contributed by atoms with van der Waals surface area (Å²) in [6, 6.07) is 4.47. The first-order valence-electron chi connectivity index (χ1n) is 3.49. The van der Waals surface area contributed by atoms with Gasteiger partial charge in [0.2, 0.25) is 0 Å². The van der Waals surface area contributed by atoms with Gasteiger partial charge in [-0.15, -0.1) is 0 Å². The van der Waals surface area contributed by atoms with Gasteiger partial charge < -0.3 is 0 Å². The lowest BCUT2D eigenvalue weighted by molar-refractivity contribution is 0.586. The van der Waals surface area contributed by atoms with E-state index in [4.69, 9.17) is 11.6 Å². The molecule has 1 N–H and O–H groups in total. The third-order valence-electron chi connectivity index (χ3n) is 1.62. The van der Waals surface area contributed by atoms with E-state index in [1.54, 1.807) is 12.1 Å². The Hall–Kier alpha value is -0.250. The maximum absolute atomic E-state index is 13.1. The highest BCUT2D eigenvalue weighted by molar-refractivity contribution is 7.78. The highest BCUT2D eigenvalue weighted by Gasteiger charge is 2.08. The molecule has 0 spiro atoms. The van der Waals surface area contributed by atoms with E-state index in [0.29, 0.717) is 10.6 Å². The van der Waals surface area contributed by atoms with Gasteiger partial charge in [0.15, 0.2) is 0 Å². The summed E-state index contributed by atoms with van der Waals surface area (Å²) in [7, 11) is 0. The Kier molecular flexibility index (Phi) is 3.38. The van der Waals surface area contributed by atoms with Crippen LogP contribution in [0.1, 0.15) is 18.5 Å². The molecule has 0 aliphatic heterocycles. The second kappa shape index (κ2) is 4.12. The molecule has 0 radical (unpaired) electrons. The van der Waals surface area contributed by atoms with Crippen LogP contribution in [0.15, 0.2) is 18.2 Å². The first-order valence-corrected chi connectivity index (χ1v) is 4.32. The minimum absolute atomic E-state index is 0.120. The number of benzene rings is 1. The number of thiol groups is 1.